The second kappa shape index (κ2) is 8.14. The van der Waals surface area contributed by atoms with Gasteiger partial charge in [0.05, 0.1) is 12.5 Å². The fourth-order valence-corrected chi connectivity index (χ4v) is 1.52. The summed E-state index contributed by atoms with van der Waals surface area (Å²) in [5, 5.41) is 11.3. The summed E-state index contributed by atoms with van der Waals surface area (Å²) in [6, 6.07) is 6.74. The fourth-order valence-electron chi connectivity index (χ4n) is 1.52. The highest BCUT2D eigenvalue weighted by Crippen LogP contribution is 2.17. The van der Waals surface area contributed by atoms with Crippen LogP contribution in [0.5, 0.6) is 5.75 Å². The molecule has 0 aliphatic carbocycles. The van der Waals surface area contributed by atoms with Crippen LogP contribution in [-0.2, 0) is 4.79 Å². The van der Waals surface area contributed by atoms with E-state index in [0.29, 0.717) is 5.69 Å². The summed E-state index contributed by atoms with van der Waals surface area (Å²) in [5.74, 6) is -0.178. The van der Waals surface area contributed by atoms with Crippen molar-refractivity contribution in [2.45, 2.75) is 32.8 Å². The summed E-state index contributed by atoms with van der Waals surface area (Å²) in [7, 11) is 1.55. The van der Waals surface area contributed by atoms with Gasteiger partial charge in [0.1, 0.15) is 5.75 Å². The quantitative estimate of drug-likeness (QED) is 0.810. The van der Waals surface area contributed by atoms with Crippen molar-refractivity contribution >= 4 is 17.7 Å². The lowest BCUT2D eigenvalue weighted by atomic mass is 10.3. The molecular formula is C15H22N2O4. The van der Waals surface area contributed by atoms with Crippen LogP contribution < -0.4 is 10.1 Å². The van der Waals surface area contributed by atoms with E-state index in [-0.39, 0.29) is 25.1 Å². The van der Waals surface area contributed by atoms with Crippen molar-refractivity contribution in [3.05, 3.63) is 24.3 Å². The number of benzene rings is 1. The summed E-state index contributed by atoms with van der Waals surface area (Å²) in [6.45, 7) is 4.20. The highest BCUT2D eigenvalue weighted by Gasteiger charge is 2.10. The van der Waals surface area contributed by atoms with Gasteiger partial charge in [-0.05, 0) is 37.6 Å². The van der Waals surface area contributed by atoms with Gasteiger partial charge in [-0.3, -0.25) is 4.79 Å². The predicted octanol–water partition coefficient (Wildman–Crippen LogP) is 2.80. The first-order chi connectivity index (χ1) is 9.92. The topological polar surface area (TPSA) is 78.9 Å². The lowest BCUT2D eigenvalue weighted by molar-refractivity contribution is -0.137. The Morgan fingerprint density at radius 3 is 2.48 bits per heavy atom. The minimum atomic E-state index is -0.929. The molecule has 0 radical (unpaired) electrons. The number of nitrogens with one attached hydrogen (secondary N) is 1. The Hall–Kier alpha value is -2.24. The maximum absolute atomic E-state index is 11.8. The summed E-state index contributed by atoms with van der Waals surface area (Å²) in [5.41, 5.74) is 0.638. The fraction of sp³-hybridized carbons (Fsp3) is 0.467. The van der Waals surface area contributed by atoms with Crippen LogP contribution in [0.4, 0.5) is 10.5 Å². The van der Waals surface area contributed by atoms with Gasteiger partial charge in [0.25, 0.3) is 0 Å². The van der Waals surface area contributed by atoms with Crippen molar-refractivity contribution in [2.75, 3.05) is 18.9 Å². The van der Waals surface area contributed by atoms with Gasteiger partial charge in [0, 0.05) is 19.3 Å². The molecule has 6 nitrogen and oxygen atoms in total. The van der Waals surface area contributed by atoms with Gasteiger partial charge in [-0.1, -0.05) is 6.92 Å². The average molecular weight is 294 g/mol. The number of rotatable bonds is 7. The minimum Gasteiger partial charge on any atom is -0.491 e. The number of amides is 2. The summed E-state index contributed by atoms with van der Waals surface area (Å²) >= 11 is 0. The molecule has 1 atom stereocenters. The van der Waals surface area contributed by atoms with E-state index < -0.39 is 5.97 Å². The van der Waals surface area contributed by atoms with Crippen molar-refractivity contribution < 1.29 is 19.4 Å². The van der Waals surface area contributed by atoms with E-state index in [9.17, 15) is 9.59 Å². The number of ether oxygens (including phenoxy) is 1. The highest BCUT2D eigenvalue weighted by atomic mass is 16.5. The first-order valence-electron chi connectivity index (χ1n) is 6.93. The largest absolute Gasteiger partial charge is 0.491 e. The Morgan fingerprint density at radius 2 is 1.95 bits per heavy atom. The molecule has 21 heavy (non-hydrogen) atoms. The van der Waals surface area contributed by atoms with Crippen LogP contribution in [0, 0.1) is 0 Å². The molecule has 1 aromatic carbocycles. The standard InChI is InChI=1S/C15H22N2O4/c1-4-11(2)21-13-7-5-12(6-8-13)16-15(20)17(3)10-9-14(18)19/h5-8,11H,4,9-10H2,1-3H3,(H,16,20)(H,18,19). The van der Waals surface area contributed by atoms with Crippen molar-refractivity contribution in [3.63, 3.8) is 0 Å². The number of carbonyl (C=O) groups is 2. The van der Waals surface area contributed by atoms with Crippen molar-refractivity contribution in [1.29, 1.82) is 0 Å². The molecule has 2 N–H and O–H groups in total. The van der Waals surface area contributed by atoms with Gasteiger partial charge < -0.3 is 20.1 Å². The number of hydrogen-bond donors (Lipinski definition) is 2. The molecule has 0 aromatic heterocycles. The molecule has 116 valence electrons. The molecule has 0 bridgehead atoms. The van der Waals surface area contributed by atoms with E-state index in [0.717, 1.165) is 12.2 Å². The zero-order valence-corrected chi connectivity index (χ0v) is 12.6. The number of anilines is 1. The molecule has 0 saturated heterocycles. The Labute approximate surface area is 124 Å². The van der Waals surface area contributed by atoms with E-state index in [1.807, 2.05) is 13.8 Å². The smallest absolute Gasteiger partial charge is 0.321 e. The number of carboxylic acids is 1. The normalized spacial score (nSPS) is 11.6. The van der Waals surface area contributed by atoms with Crippen molar-refractivity contribution in [1.82, 2.24) is 4.90 Å². The number of hydrogen-bond acceptors (Lipinski definition) is 3. The van der Waals surface area contributed by atoms with Gasteiger partial charge in [0.2, 0.25) is 0 Å². The third kappa shape index (κ3) is 6.16. The Balaban J connectivity index is 2.51. The van der Waals surface area contributed by atoms with Crippen LogP contribution in [-0.4, -0.2) is 41.7 Å². The molecule has 0 heterocycles. The number of carboxylic acid groups (broad SMARTS) is 1. The second-order valence-electron chi connectivity index (χ2n) is 4.86. The van der Waals surface area contributed by atoms with Gasteiger partial charge in [-0.15, -0.1) is 0 Å². The molecule has 0 aliphatic rings. The lowest BCUT2D eigenvalue weighted by Crippen LogP contribution is -2.33. The zero-order chi connectivity index (χ0) is 15.8. The van der Waals surface area contributed by atoms with E-state index in [1.54, 1.807) is 31.3 Å². The maximum atomic E-state index is 11.8. The molecule has 1 unspecified atom stereocenters. The average Bonchev–Trinajstić information content (AvgIpc) is 2.46. The second-order valence-corrected chi connectivity index (χ2v) is 4.86. The van der Waals surface area contributed by atoms with Gasteiger partial charge in [0.15, 0.2) is 0 Å². The van der Waals surface area contributed by atoms with Gasteiger partial charge >= 0.3 is 12.0 Å². The monoisotopic (exact) mass is 294 g/mol. The molecule has 1 aromatic rings. The first kappa shape index (κ1) is 16.8. The molecule has 0 aliphatic heterocycles. The van der Waals surface area contributed by atoms with Crippen LogP contribution in [0.2, 0.25) is 0 Å². The minimum absolute atomic E-state index is 0.0778. The molecular weight excluding hydrogens is 272 g/mol. The van der Waals surface area contributed by atoms with Crippen molar-refractivity contribution in [2.24, 2.45) is 0 Å². The predicted molar refractivity (Wildman–Crippen MR) is 80.7 cm³/mol. The number of urea groups is 1. The highest BCUT2D eigenvalue weighted by molar-refractivity contribution is 5.89. The molecule has 0 saturated carbocycles. The summed E-state index contributed by atoms with van der Waals surface area (Å²) in [6.07, 6.45) is 0.992. The van der Waals surface area contributed by atoms with E-state index >= 15 is 0 Å². The van der Waals surface area contributed by atoms with Crippen LogP contribution in [0.1, 0.15) is 26.7 Å². The lowest BCUT2D eigenvalue weighted by Gasteiger charge is -2.17. The first-order valence-corrected chi connectivity index (χ1v) is 6.93. The molecule has 6 heteroatoms. The van der Waals surface area contributed by atoms with Crippen LogP contribution in [0.25, 0.3) is 0 Å². The van der Waals surface area contributed by atoms with Gasteiger partial charge in [-0.2, -0.15) is 0 Å². The molecule has 0 fully saturated rings. The van der Waals surface area contributed by atoms with E-state index in [1.165, 1.54) is 4.90 Å². The van der Waals surface area contributed by atoms with E-state index in [2.05, 4.69) is 5.32 Å². The number of aliphatic carboxylic acids is 1. The number of nitrogens with zero attached hydrogens (tertiary/aromatic N) is 1. The third-order valence-electron chi connectivity index (χ3n) is 3.03. The maximum Gasteiger partial charge on any atom is 0.321 e. The van der Waals surface area contributed by atoms with Gasteiger partial charge in [-0.25, -0.2) is 4.79 Å². The summed E-state index contributed by atoms with van der Waals surface area (Å²) in [4.78, 5) is 23.6. The Bertz CT molecular complexity index is 473. The molecule has 2 amide bonds. The Morgan fingerprint density at radius 1 is 1.33 bits per heavy atom. The van der Waals surface area contributed by atoms with Crippen LogP contribution in [0.15, 0.2) is 24.3 Å². The molecule has 0 spiro atoms. The SMILES string of the molecule is CCC(C)Oc1ccc(NC(=O)N(C)CCC(=O)O)cc1. The summed E-state index contributed by atoms with van der Waals surface area (Å²) < 4.78 is 5.65. The third-order valence-corrected chi connectivity index (χ3v) is 3.03. The number of carbonyl (C=O) groups excluding carboxylic acids is 1. The van der Waals surface area contributed by atoms with Crippen molar-refractivity contribution in [3.8, 4) is 5.75 Å². The Kier molecular flexibility index (Phi) is 6.52. The van der Waals surface area contributed by atoms with E-state index in [4.69, 9.17) is 9.84 Å². The zero-order valence-electron chi connectivity index (χ0n) is 12.6. The van der Waals surface area contributed by atoms with Crippen LogP contribution >= 0.6 is 0 Å². The van der Waals surface area contributed by atoms with Crippen LogP contribution in [0.3, 0.4) is 0 Å². The molecule has 1 rings (SSSR count).